The molecule has 1 aromatic carbocycles. The number of rotatable bonds is 4. The molecule has 3 amide bonds. The molecule has 1 fully saturated rings. The first-order chi connectivity index (χ1) is 12.0. The van der Waals surface area contributed by atoms with Crippen molar-refractivity contribution >= 4 is 23.8 Å². The molecule has 0 radical (unpaired) electrons. The van der Waals surface area contributed by atoms with E-state index in [1.165, 1.54) is 0 Å². The van der Waals surface area contributed by atoms with Crippen LogP contribution in [0.2, 0.25) is 0 Å². The smallest absolute Gasteiger partial charge is 0.411 e. The molecule has 0 spiro atoms. The van der Waals surface area contributed by atoms with Gasteiger partial charge in [-0.25, -0.2) is 9.59 Å². The zero-order valence-corrected chi connectivity index (χ0v) is 14.5. The van der Waals surface area contributed by atoms with Gasteiger partial charge in [-0.1, -0.05) is 0 Å². The summed E-state index contributed by atoms with van der Waals surface area (Å²) in [6.07, 6.45) is -0.874. The number of anilines is 1. The molecule has 2 rings (SSSR count). The van der Waals surface area contributed by atoms with Crippen molar-refractivity contribution in [1.82, 2.24) is 9.80 Å². The number of amides is 3. The quantitative estimate of drug-likeness (QED) is 0.900. The van der Waals surface area contributed by atoms with Gasteiger partial charge in [0, 0.05) is 37.4 Å². The number of nitrogens with zero attached hydrogens (tertiary/aromatic N) is 2. The fraction of sp³-hybridized carbons (Fsp3) is 0.471. The van der Waals surface area contributed by atoms with Crippen molar-refractivity contribution in [1.29, 1.82) is 0 Å². The average Bonchev–Trinajstić information content (AvgIpc) is 2.62. The Bertz CT molecular complexity index is 609. The monoisotopic (exact) mass is 349 g/mol. The van der Waals surface area contributed by atoms with Gasteiger partial charge in [-0.3, -0.25) is 10.1 Å². The topological polar surface area (TPSA) is 88.2 Å². The normalized spacial score (nSPS) is 14.0. The molecule has 0 atom stereocenters. The van der Waals surface area contributed by atoms with Crippen molar-refractivity contribution in [3.8, 4) is 0 Å². The lowest BCUT2D eigenvalue weighted by molar-refractivity contribution is 0.0570. The summed E-state index contributed by atoms with van der Waals surface area (Å²) >= 11 is 0. The zero-order valence-electron chi connectivity index (χ0n) is 14.5. The molecule has 25 heavy (non-hydrogen) atoms. The summed E-state index contributed by atoms with van der Waals surface area (Å²) in [6, 6.07) is 6.61. The fourth-order valence-corrected chi connectivity index (χ4v) is 2.47. The maximum absolute atomic E-state index is 12.5. The van der Waals surface area contributed by atoms with Gasteiger partial charge in [0.15, 0.2) is 0 Å². The highest BCUT2D eigenvalue weighted by atomic mass is 16.6. The highest BCUT2D eigenvalue weighted by Crippen LogP contribution is 2.14. The first-order valence-corrected chi connectivity index (χ1v) is 8.30. The number of ether oxygens (including phenoxy) is 2. The second kappa shape index (κ2) is 8.91. The number of benzene rings is 1. The molecule has 1 N–H and O–H groups in total. The lowest BCUT2D eigenvalue weighted by Gasteiger charge is -2.34. The predicted octanol–water partition coefficient (Wildman–Crippen LogP) is 2.17. The minimum atomic E-state index is -0.531. The largest absolute Gasteiger partial charge is 0.450 e. The summed E-state index contributed by atoms with van der Waals surface area (Å²) in [5.41, 5.74) is 1.08. The van der Waals surface area contributed by atoms with Crippen LogP contribution in [-0.4, -0.2) is 67.3 Å². The van der Waals surface area contributed by atoms with E-state index >= 15 is 0 Å². The van der Waals surface area contributed by atoms with E-state index in [2.05, 4.69) is 5.32 Å². The van der Waals surface area contributed by atoms with E-state index in [0.717, 1.165) is 0 Å². The first kappa shape index (κ1) is 18.6. The van der Waals surface area contributed by atoms with Crippen LogP contribution in [-0.2, 0) is 9.47 Å². The SMILES string of the molecule is CCOC(=O)Nc1ccc(C(=O)N2CCN(C(=O)OCC)CC2)cc1. The number of hydrogen-bond acceptors (Lipinski definition) is 5. The van der Waals surface area contributed by atoms with Crippen LogP contribution in [0.15, 0.2) is 24.3 Å². The van der Waals surface area contributed by atoms with E-state index < -0.39 is 6.09 Å². The van der Waals surface area contributed by atoms with Gasteiger partial charge in [-0.2, -0.15) is 0 Å². The fourth-order valence-electron chi connectivity index (χ4n) is 2.47. The van der Waals surface area contributed by atoms with E-state index in [1.54, 1.807) is 47.9 Å². The summed E-state index contributed by atoms with van der Waals surface area (Å²) in [5.74, 6) is -0.105. The Kier molecular flexibility index (Phi) is 6.62. The Hall–Kier alpha value is -2.77. The Morgan fingerprint density at radius 1 is 0.920 bits per heavy atom. The molecule has 1 aromatic rings. The minimum Gasteiger partial charge on any atom is -0.450 e. The van der Waals surface area contributed by atoms with Crippen LogP contribution in [0.25, 0.3) is 0 Å². The third kappa shape index (κ3) is 5.10. The summed E-state index contributed by atoms with van der Waals surface area (Å²) in [7, 11) is 0. The molecule has 0 bridgehead atoms. The van der Waals surface area contributed by atoms with E-state index in [0.29, 0.717) is 50.6 Å². The first-order valence-electron chi connectivity index (χ1n) is 8.30. The third-order valence-electron chi connectivity index (χ3n) is 3.75. The number of hydrogen-bond donors (Lipinski definition) is 1. The van der Waals surface area contributed by atoms with Crippen molar-refractivity contribution in [3.63, 3.8) is 0 Å². The average molecular weight is 349 g/mol. The van der Waals surface area contributed by atoms with Crippen molar-refractivity contribution in [2.24, 2.45) is 0 Å². The van der Waals surface area contributed by atoms with Gasteiger partial charge in [0.25, 0.3) is 5.91 Å². The highest BCUT2D eigenvalue weighted by molar-refractivity contribution is 5.95. The van der Waals surface area contributed by atoms with Crippen LogP contribution in [0.1, 0.15) is 24.2 Å². The maximum Gasteiger partial charge on any atom is 0.411 e. The van der Waals surface area contributed by atoms with E-state index in [-0.39, 0.29) is 12.0 Å². The standard InChI is InChI=1S/C17H23N3O5/c1-3-24-16(22)18-14-7-5-13(6-8-14)15(21)19-9-11-20(12-10-19)17(23)25-4-2/h5-8H,3-4,9-12H2,1-2H3,(H,18,22). The molecule has 1 saturated heterocycles. The number of carbonyl (C=O) groups is 3. The third-order valence-corrected chi connectivity index (χ3v) is 3.75. The lowest BCUT2D eigenvalue weighted by atomic mass is 10.1. The second-order valence-electron chi connectivity index (χ2n) is 5.40. The molecule has 8 heteroatoms. The molecule has 1 heterocycles. The highest BCUT2D eigenvalue weighted by Gasteiger charge is 2.25. The van der Waals surface area contributed by atoms with Crippen molar-refractivity contribution in [3.05, 3.63) is 29.8 Å². The second-order valence-corrected chi connectivity index (χ2v) is 5.40. The van der Waals surface area contributed by atoms with Gasteiger partial charge < -0.3 is 19.3 Å². The zero-order chi connectivity index (χ0) is 18.2. The molecule has 8 nitrogen and oxygen atoms in total. The molecule has 0 unspecified atom stereocenters. The number of carbonyl (C=O) groups excluding carboxylic acids is 3. The lowest BCUT2D eigenvalue weighted by Crippen LogP contribution is -2.50. The molecule has 136 valence electrons. The van der Waals surface area contributed by atoms with Gasteiger partial charge in [0.1, 0.15) is 0 Å². The maximum atomic E-state index is 12.5. The molecule has 0 saturated carbocycles. The molecule has 1 aliphatic heterocycles. The van der Waals surface area contributed by atoms with Crippen molar-refractivity contribution < 1.29 is 23.9 Å². The van der Waals surface area contributed by atoms with E-state index in [1.807, 2.05) is 0 Å². The van der Waals surface area contributed by atoms with E-state index in [9.17, 15) is 14.4 Å². The molecule has 1 aliphatic rings. The Morgan fingerprint density at radius 2 is 1.48 bits per heavy atom. The minimum absolute atomic E-state index is 0.105. The summed E-state index contributed by atoms with van der Waals surface area (Å²) in [6.45, 7) is 5.94. The van der Waals surface area contributed by atoms with Crippen molar-refractivity contribution in [2.75, 3.05) is 44.7 Å². The predicted molar refractivity (Wildman–Crippen MR) is 91.6 cm³/mol. The van der Waals surface area contributed by atoms with E-state index in [4.69, 9.17) is 9.47 Å². The summed E-state index contributed by atoms with van der Waals surface area (Å²) in [5, 5.41) is 2.57. The van der Waals surface area contributed by atoms with Gasteiger partial charge in [-0.15, -0.1) is 0 Å². The van der Waals surface area contributed by atoms with Crippen LogP contribution in [0.3, 0.4) is 0 Å². The molecule has 0 aliphatic carbocycles. The Labute approximate surface area is 146 Å². The van der Waals surface area contributed by atoms with Crippen LogP contribution >= 0.6 is 0 Å². The number of piperazine rings is 1. The summed E-state index contributed by atoms with van der Waals surface area (Å²) in [4.78, 5) is 38.8. The van der Waals surface area contributed by atoms with Crippen LogP contribution in [0, 0.1) is 0 Å². The Morgan fingerprint density at radius 3 is 2.04 bits per heavy atom. The van der Waals surface area contributed by atoms with Crippen LogP contribution in [0.5, 0.6) is 0 Å². The summed E-state index contributed by atoms with van der Waals surface area (Å²) < 4.78 is 9.76. The number of nitrogens with one attached hydrogen (secondary N) is 1. The van der Waals surface area contributed by atoms with Gasteiger partial charge in [0.2, 0.25) is 0 Å². The molecular weight excluding hydrogens is 326 g/mol. The Balaban J connectivity index is 1.89. The van der Waals surface area contributed by atoms with Crippen LogP contribution < -0.4 is 5.32 Å². The molecule has 0 aromatic heterocycles. The van der Waals surface area contributed by atoms with Crippen molar-refractivity contribution in [2.45, 2.75) is 13.8 Å². The van der Waals surface area contributed by atoms with Gasteiger partial charge in [0.05, 0.1) is 13.2 Å². The van der Waals surface area contributed by atoms with Crippen LogP contribution in [0.4, 0.5) is 15.3 Å². The molecular formula is C17H23N3O5. The van der Waals surface area contributed by atoms with Gasteiger partial charge in [-0.05, 0) is 38.1 Å². The van der Waals surface area contributed by atoms with Gasteiger partial charge >= 0.3 is 12.2 Å².